The second kappa shape index (κ2) is 9.87. The molecule has 4 rings (SSSR count). The van der Waals surface area contributed by atoms with Gasteiger partial charge in [-0.3, -0.25) is 9.59 Å². The minimum Gasteiger partial charge on any atom is -0.490 e. The Kier molecular flexibility index (Phi) is 6.72. The molecule has 176 valence electrons. The number of amides is 1. The highest BCUT2D eigenvalue weighted by molar-refractivity contribution is 6.06. The summed E-state index contributed by atoms with van der Waals surface area (Å²) in [7, 11) is 0. The Balaban J connectivity index is 1.42. The van der Waals surface area contributed by atoms with E-state index in [1.54, 1.807) is 18.2 Å². The van der Waals surface area contributed by atoms with Crippen molar-refractivity contribution in [2.75, 3.05) is 18.5 Å². The second-order valence-corrected chi connectivity index (χ2v) is 8.41. The fourth-order valence-corrected chi connectivity index (χ4v) is 4.00. The Hall–Kier alpha value is -4.00. The number of carboxylic acids is 1. The molecule has 0 unspecified atom stereocenters. The summed E-state index contributed by atoms with van der Waals surface area (Å²) in [6.45, 7) is 6.27. The van der Waals surface area contributed by atoms with E-state index in [2.05, 4.69) is 5.32 Å². The average molecular weight is 462 g/mol. The van der Waals surface area contributed by atoms with Crippen molar-refractivity contribution in [2.24, 2.45) is 0 Å². The van der Waals surface area contributed by atoms with Gasteiger partial charge in [0.1, 0.15) is 19.0 Å². The number of hydrogen-bond acceptors (Lipinski definition) is 5. The van der Waals surface area contributed by atoms with Crippen LogP contribution >= 0.6 is 0 Å². The van der Waals surface area contributed by atoms with E-state index in [0.29, 0.717) is 41.5 Å². The maximum absolute atomic E-state index is 13.0. The third-order valence-corrected chi connectivity index (χ3v) is 5.69. The lowest BCUT2D eigenvalue weighted by Crippen LogP contribution is -2.34. The van der Waals surface area contributed by atoms with Gasteiger partial charge < -0.3 is 24.6 Å². The van der Waals surface area contributed by atoms with E-state index in [0.717, 1.165) is 22.4 Å². The number of carbonyl (C=O) groups is 2. The normalized spacial score (nSPS) is 14.4. The minimum absolute atomic E-state index is 0.0963. The third kappa shape index (κ3) is 5.31. The first kappa shape index (κ1) is 23.2. The van der Waals surface area contributed by atoms with Crippen LogP contribution in [0, 0.1) is 20.8 Å². The molecule has 3 aromatic carbocycles. The van der Waals surface area contributed by atoms with Crippen LogP contribution in [0.5, 0.6) is 17.2 Å². The number of para-hydroxylation sites is 2. The molecule has 1 amide bonds. The van der Waals surface area contributed by atoms with Gasteiger partial charge in [0, 0.05) is 11.3 Å². The number of carbonyl (C=O) groups excluding carboxylic acids is 1. The fourth-order valence-electron chi connectivity index (χ4n) is 4.00. The van der Waals surface area contributed by atoms with Gasteiger partial charge in [-0.25, -0.2) is 0 Å². The van der Waals surface area contributed by atoms with Crippen LogP contribution in [-0.4, -0.2) is 36.3 Å². The largest absolute Gasteiger partial charge is 0.490 e. The van der Waals surface area contributed by atoms with Crippen molar-refractivity contribution >= 4 is 17.6 Å². The van der Waals surface area contributed by atoms with Gasteiger partial charge >= 0.3 is 5.97 Å². The maximum atomic E-state index is 13.0. The average Bonchev–Trinajstić information content (AvgIpc) is 2.79. The van der Waals surface area contributed by atoms with Crippen molar-refractivity contribution in [3.05, 3.63) is 82.4 Å². The lowest BCUT2D eigenvalue weighted by Gasteiger charge is -2.26. The molecule has 7 nitrogen and oxygen atoms in total. The van der Waals surface area contributed by atoms with Gasteiger partial charge in [-0.15, -0.1) is 0 Å². The molecule has 0 aliphatic carbocycles. The summed E-state index contributed by atoms with van der Waals surface area (Å²) in [6, 6.07) is 16.4. The number of benzene rings is 3. The number of aliphatic carboxylic acids is 1. The predicted molar refractivity (Wildman–Crippen MR) is 128 cm³/mol. The molecule has 0 saturated heterocycles. The number of rotatable bonds is 7. The van der Waals surface area contributed by atoms with Gasteiger partial charge in [0.15, 0.2) is 17.6 Å². The zero-order valence-electron chi connectivity index (χ0n) is 19.4. The molecule has 0 radical (unpaired) electrons. The lowest BCUT2D eigenvalue weighted by atomic mass is 10.0. The monoisotopic (exact) mass is 461 g/mol. The summed E-state index contributed by atoms with van der Waals surface area (Å²) in [5.41, 5.74) is 4.19. The van der Waals surface area contributed by atoms with Gasteiger partial charge in [0.25, 0.3) is 5.91 Å². The van der Waals surface area contributed by atoms with E-state index in [9.17, 15) is 9.59 Å². The summed E-state index contributed by atoms with van der Waals surface area (Å²) in [5.74, 6) is 0.900. The Morgan fingerprint density at radius 1 is 1.00 bits per heavy atom. The van der Waals surface area contributed by atoms with Crippen LogP contribution in [0.1, 0.15) is 32.6 Å². The van der Waals surface area contributed by atoms with Crippen molar-refractivity contribution < 1.29 is 28.9 Å². The lowest BCUT2D eigenvalue weighted by molar-refractivity contribution is -0.136. The van der Waals surface area contributed by atoms with Crippen LogP contribution in [0.25, 0.3) is 0 Å². The third-order valence-electron chi connectivity index (χ3n) is 5.69. The highest BCUT2D eigenvalue weighted by atomic mass is 16.6. The number of carboxylic acid groups (broad SMARTS) is 1. The van der Waals surface area contributed by atoms with Gasteiger partial charge in [0.2, 0.25) is 0 Å². The van der Waals surface area contributed by atoms with Crippen molar-refractivity contribution in [3.63, 3.8) is 0 Å². The van der Waals surface area contributed by atoms with Crippen molar-refractivity contribution in [2.45, 2.75) is 33.3 Å². The SMILES string of the molecule is Cc1ccc(NC(=O)c2c(C)cc(OC[C@@H]3COc4ccccc4O3)cc2C)cc1CC(=O)O. The molecule has 0 saturated carbocycles. The number of ether oxygens (including phenoxy) is 3. The van der Waals surface area contributed by atoms with E-state index in [1.165, 1.54) is 0 Å². The molecule has 1 atom stereocenters. The quantitative estimate of drug-likeness (QED) is 0.529. The van der Waals surface area contributed by atoms with Gasteiger partial charge in [-0.2, -0.15) is 0 Å². The van der Waals surface area contributed by atoms with Crippen LogP contribution in [0.3, 0.4) is 0 Å². The smallest absolute Gasteiger partial charge is 0.307 e. The maximum Gasteiger partial charge on any atom is 0.307 e. The van der Waals surface area contributed by atoms with E-state index in [1.807, 2.05) is 57.2 Å². The zero-order chi connectivity index (χ0) is 24.2. The topological polar surface area (TPSA) is 94.1 Å². The summed E-state index contributed by atoms with van der Waals surface area (Å²) in [6.07, 6.45) is -0.332. The number of nitrogens with one attached hydrogen (secondary N) is 1. The minimum atomic E-state index is -0.914. The van der Waals surface area contributed by atoms with Crippen LogP contribution in [0.15, 0.2) is 54.6 Å². The zero-order valence-corrected chi connectivity index (χ0v) is 19.4. The molecule has 0 bridgehead atoms. The number of anilines is 1. The molecule has 3 aromatic rings. The summed E-state index contributed by atoms with van der Waals surface area (Å²) >= 11 is 0. The van der Waals surface area contributed by atoms with E-state index < -0.39 is 5.97 Å². The van der Waals surface area contributed by atoms with Crippen molar-refractivity contribution in [3.8, 4) is 17.2 Å². The highest BCUT2D eigenvalue weighted by Gasteiger charge is 2.22. The van der Waals surface area contributed by atoms with Gasteiger partial charge in [-0.05, 0) is 79.4 Å². The summed E-state index contributed by atoms with van der Waals surface area (Å²) < 4.78 is 17.6. The van der Waals surface area contributed by atoms with Gasteiger partial charge in [0.05, 0.1) is 6.42 Å². The molecule has 0 aromatic heterocycles. The standard InChI is InChI=1S/C27H27NO6/c1-16-8-9-20(12-19(16)13-25(29)30)28-27(31)26-17(2)10-21(11-18(26)3)32-14-22-15-33-23-6-4-5-7-24(23)34-22/h4-12,22H,13-15H2,1-3H3,(H,28,31)(H,29,30)/t22-/m1/s1. The van der Waals surface area contributed by atoms with Gasteiger partial charge in [-0.1, -0.05) is 18.2 Å². The Labute approximate surface area is 198 Å². The molecular weight excluding hydrogens is 434 g/mol. The molecule has 1 aliphatic heterocycles. The first-order valence-corrected chi connectivity index (χ1v) is 11.1. The molecule has 7 heteroatoms. The Bertz CT molecular complexity index is 1210. The highest BCUT2D eigenvalue weighted by Crippen LogP contribution is 2.31. The summed E-state index contributed by atoms with van der Waals surface area (Å²) in [5, 5.41) is 12.0. The molecule has 0 fully saturated rings. The van der Waals surface area contributed by atoms with Crippen molar-refractivity contribution in [1.82, 2.24) is 0 Å². The second-order valence-electron chi connectivity index (χ2n) is 8.41. The van der Waals surface area contributed by atoms with E-state index >= 15 is 0 Å². The van der Waals surface area contributed by atoms with E-state index in [-0.39, 0.29) is 18.4 Å². The van der Waals surface area contributed by atoms with Crippen LogP contribution in [0.4, 0.5) is 5.69 Å². The first-order chi connectivity index (χ1) is 16.3. The Morgan fingerprint density at radius 3 is 2.41 bits per heavy atom. The number of fused-ring (bicyclic) bond motifs is 1. The Morgan fingerprint density at radius 2 is 1.71 bits per heavy atom. The van der Waals surface area contributed by atoms with Crippen molar-refractivity contribution in [1.29, 1.82) is 0 Å². The molecule has 0 spiro atoms. The van der Waals surface area contributed by atoms with Crippen LogP contribution in [0.2, 0.25) is 0 Å². The molecule has 1 heterocycles. The van der Waals surface area contributed by atoms with Crippen LogP contribution < -0.4 is 19.5 Å². The molecular formula is C27H27NO6. The molecule has 34 heavy (non-hydrogen) atoms. The number of aryl methyl sites for hydroxylation is 3. The first-order valence-electron chi connectivity index (χ1n) is 11.1. The summed E-state index contributed by atoms with van der Waals surface area (Å²) in [4.78, 5) is 24.1. The molecule has 2 N–H and O–H groups in total. The fraction of sp³-hybridized carbons (Fsp3) is 0.259. The van der Waals surface area contributed by atoms with Crippen LogP contribution in [-0.2, 0) is 11.2 Å². The van der Waals surface area contributed by atoms with E-state index in [4.69, 9.17) is 19.3 Å². The molecule has 1 aliphatic rings. The predicted octanol–water partition coefficient (Wildman–Crippen LogP) is 4.71. The number of hydrogen-bond donors (Lipinski definition) is 2.